The third-order valence-electron chi connectivity index (χ3n) is 4.33. The van der Waals surface area contributed by atoms with E-state index in [1.54, 1.807) is 6.26 Å². The number of hydrogen-bond donors (Lipinski definition) is 0. The monoisotopic (exact) mass is 376 g/mol. The smallest absolute Gasteiger partial charge is 0.140 e. The van der Waals surface area contributed by atoms with E-state index in [4.69, 9.17) is 9.68 Å². The molecule has 100 valence electrons. The van der Waals surface area contributed by atoms with Crippen molar-refractivity contribution in [1.82, 2.24) is 4.90 Å². The molecule has 0 N–H and O–H groups in total. The first-order valence-corrected chi connectivity index (χ1v) is 7.91. The summed E-state index contributed by atoms with van der Waals surface area (Å²) >= 11 is 2.30. The van der Waals surface area contributed by atoms with Gasteiger partial charge in [-0.3, -0.25) is 0 Å². The van der Waals surface area contributed by atoms with Gasteiger partial charge in [-0.15, -0.1) is 0 Å². The van der Waals surface area contributed by atoms with E-state index in [1.807, 2.05) is 12.1 Å². The second-order valence-corrected chi connectivity index (χ2v) is 6.66. The van der Waals surface area contributed by atoms with Crippen LogP contribution in [0.25, 0.3) is 16.3 Å². The van der Waals surface area contributed by atoms with Gasteiger partial charge in [0, 0.05) is 39.2 Å². The van der Waals surface area contributed by atoms with Gasteiger partial charge in [0.1, 0.15) is 5.76 Å². The highest BCUT2D eigenvalue weighted by Gasteiger charge is 2.30. The number of nitriles is 1. The highest BCUT2D eigenvalue weighted by Crippen LogP contribution is 2.41. The molecule has 3 nitrogen and oxygen atoms in total. The number of hydrogen-bond acceptors (Lipinski definition) is 3. The molecule has 5 rings (SSSR count). The van der Waals surface area contributed by atoms with E-state index in [0.29, 0.717) is 11.5 Å². The average molecular weight is 376 g/mol. The summed E-state index contributed by atoms with van der Waals surface area (Å²) in [6.45, 7) is 2.34. The van der Waals surface area contributed by atoms with Crippen LogP contribution in [0.2, 0.25) is 0 Å². The van der Waals surface area contributed by atoms with Crippen LogP contribution >= 0.6 is 22.6 Å². The van der Waals surface area contributed by atoms with Gasteiger partial charge in [-0.05, 0) is 53.5 Å². The molecule has 0 saturated carbocycles. The minimum Gasteiger partial charge on any atom is -0.463 e. The number of benzene rings is 1. The maximum atomic E-state index is 9.06. The number of allylic oxidation sites excluding steroid dienone is 1. The van der Waals surface area contributed by atoms with Crippen LogP contribution in [0.5, 0.6) is 0 Å². The van der Waals surface area contributed by atoms with Crippen molar-refractivity contribution >= 4 is 38.9 Å². The summed E-state index contributed by atoms with van der Waals surface area (Å²) in [6.07, 6.45) is 6.50. The fraction of sp³-hybridized carbons (Fsp3) is 0.312. The summed E-state index contributed by atoms with van der Waals surface area (Å²) < 4.78 is 6.97. The van der Waals surface area contributed by atoms with Crippen molar-refractivity contribution in [2.75, 3.05) is 13.1 Å². The normalized spacial score (nSPS) is 18.4. The molecule has 0 atom stereocenters. The first kappa shape index (κ1) is 12.3. The SMILES string of the molecule is N#Cc1cc(I)c2c(C3=CN4CCC3CC4)occ2c1. The molecule has 3 aliphatic heterocycles. The Kier molecular flexibility index (Phi) is 2.77. The van der Waals surface area contributed by atoms with Crippen LogP contribution in [0, 0.1) is 20.8 Å². The standard InChI is InChI=1S/C16H13IN2O/c17-14-6-10(7-18)5-12-9-20-16(15(12)14)13-8-19-3-1-11(13)2-4-19/h5-6,8-9,11H,1-4H2. The number of piperidine rings is 1. The fourth-order valence-electron chi connectivity index (χ4n) is 3.30. The van der Waals surface area contributed by atoms with Crippen molar-refractivity contribution in [2.24, 2.45) is 5.92 Å². The van der Waals surface area contributed by atoms with E-state index >= 15 is 0 Å². The van der Waals surface area contributed by atoms with Gasteiger partial charge in [0.05, 0.1) is 17.9 Å². The Morgan fingerprint density at radius 3 is 2.75 bits per heavy atom. The molecule has 1 aromatic heterocycles. The fourth-order valence-corrected chi connectivity index (χ4v) is 4.20. The van der Waals surface area contributed by atoms with Gasteiger partial charge in [-0.2, -0.15) is 5.26 Å². The van der Waals surface area contributed by atoms with Gasteiger partial charge in [-0.25, -0.2) is 0 Å². The lowest BCUT2D eigenvalue weighted by atomic mass is 9.84. The van der Waals surface area contributed by atoms with E-state index in [9.17, 15) is 0 Å². The van der Waals surface area contributed by atoms with E-state index in [1.165, 1.54) is 31.5 Å². The number of halogens is 1. The highest BCUT2D eigenvalue weighted by atomic mass is 127. The van der Waals surface area contributed by atoms with Gasteiger partial charge in [0.2, 0.25) is 0 Å². The van der Waals surface area contributed by atoms with E-state index in [2.05, 4.69) is 39.8 Å². The van der Waals surface area contributed by atoms with Crippen LogP contribution in [0.1, 0.15) is 24.2 Å². The lowest BCUT2D eigenvalue weighted by Crippen LogP contribution is -2.35. The molecule has 1 aromatic carbocycles. The molecule has 4 heteroatoms. The molecule has 2 bridgehead atoms. The Bertz CT molecular complexity index is 761. The summed E-state index contributed by atoms with van der Waals surface area (Å²) in [5.41, 5.74) is 2.03. The Labute approximate surface area is 131 Å². The Morgan fingerprint density at radius 2 is 2.10 bits per heavy atom. The van der Waals surface area contributed by atoms with E-state index in [0.717, 1.165) is 20.1 Å². The number of nitrogens with zero attached hydrogens (tertiary/aromatic N) is 2. The Morgan fingerprint density at radius 1 is 1.30 bits per heavy atom. The van der Waals surface area contributed by atoms with Gasteiger partial charge in [0.15, 0.2) is 0 Å². The molecule has 0 radical (unpaired) electrons. The molecule has 20 heavy (non-hydrogen) atoms. The topological polar surface area (TPSA) is 40.2 Å². The molecule has 0 amide bonds. The molecule has 1 saturated heterocycles. The summed E-state index contributed by atoms with van der Waals surface area (Å²) in [4.78, 5) is 2.39. The zero-order valence-electron chi connectivity index (χ0n) is 10.9. The molecule has 0 unspecified atom stereocenters. The quantitative estimate of drug-likeness (QED) is 0.707. The lowest BCUT2D eigenvalue weighted by molar-refractivity contribution is 0.250. The number of fused-ring (bicyclic) bond motifs is 3. The Hall–Kier alpha value is -1.48. The number of furan rings is 1. The first-order valence-electron chi connectivity index (χ1n) is 6.83. The molecule has 1 fully saturated rings. The molecule has 3 aliphatic rings. The van der Waals surface area contributed by atoms with Gasteiger partial charge in [0.25, 0.3) is 0 Å². The van der Waals surface area contributed by atoms with Crippen molar-refractivity contribution in [3.63, 3.8) is 0 Å². The van der Waals surface area contributed by atoms with Gasteiger partial charge >= 0.3 is 0 Å². The maximum absolute atomic E-state index is 9.06. The highest BCUT2D eigenvalue weighted by molar-refractivity contribution is 14.1. The molecule has 0 spiro atoms. The van der Waals surface area contributed by atoms with Crippen LogP contribution in [0.4, 0.5) is 0 Å². The minimum absolute atomic E-state index is 0.626. The third-order valence-corrected chi connectivity index (χ3v) is 5.18. The summed E-state index contributed by atoms with van der Waals surface area (Å²) in [7, 11) is 0. The van der Waals surface area contributed by atoms with Crippen molar-refractivity contribution in [3.8, 4) is 6.07 Å². The van der Waals surface area contributed by atoms with Crippen LogP contribution in [-0.2, 0) is 0 Å². The molecular weight excluding hydrogens is 363 g/mol. The lowest BCUT2D eigenvalue weighted by Gasteiger charge is -2.38. The summed E-state index contributed by atoms with van der Waals surface area (Å²) in [5, 5.41) is 11.2. The maximum Gasteiger partial charge on any atom is 0.140 e. The molecule has 4 heterocycles. The first-order chi connectivity index (χ1) is 9.76. The van der Waals surface area contributed by atoms with Gasteiger partial charge in [-0.1, -0.05) is 0 Å². The van der Waals surface area contributed by atoms with E-state index < -0.39 is 0 Å². The average Bonchev–Trinajstić information content (AvgIpc) is 2.92. The summed E-state index contributed by atoms with van der Waals surface area (Å²) in [6, 6.07) is 6.05. The molecule has 0 aliphatic carbocycles. The Balaban J connectivity index is 1.92. The predicted molar refractivity (Wildman–Crippen MR) is 85.9 cm³/mol. The van der Waals surface area contributed by atoms with Crippen molar-refractivity contribution in [3.05, 3.63) is 39.5 Å². The van der Waals surface area contributed by atoms with Crippen LogP contribution < -0.4 is 0 Å². The van der Waals surface area contributed by atoms with Crippen molar-refractivity contribution < 1.29 is 4.42 Å². The third kappa shape index (κ3) is 1.76. The van der Waals surface area contributed by atoms with E-state index in [-0.39, 0.29) is 0 Å². The predicted octanol–water partition coefficient (Wildman–Crippen LogP) is 3.98. The van der Waals surface area contributed by atoms with Crippen LogP contribution in [0.3, 0.4) is 0 Å². The molecule has 2 aromatic rings. The molecular formula is C16H13IN2O. The largest absolute Gasteiger partial charge is 0.463 e. The second kappa shape index (κ2) is 4.52. The van der Waals surface area contributed by atoms with Crippen LogP contribution in [-0.4, -0.2) is 18.0 Å². The summed E-state index contributed by atoms with van der Waals surface area (Å²) in [5.74, 6) is 1.63. The minimum atomic E-state index is 0.626. The van der Waals surface area contributed by atoms with Crippen molar-refractivity contribution in [1.29, 1.82) is 5.26 Å². The number of rotatable bonds is 1. The van der Waals surface area contributed by atoms with Gasteiger partial charge < -0.3 is 9.32 Å². The van der Waals surface area contributed by atoms with Crippen LogP contribution in [0.15, 0.2) is 29.0 Å². The second-order valence-electron chi connectivity index (χ2n) is 5.49. The van der Waals surface area contributed by atoms with Crippen molar-refractivity contribution in [2.45, 2.75) is 12.8 Å². The zero-order valence-corrected chi connectivity index (χ0v) is 13.1. The zero-order chi connectivity index (χ0) is 13.7.